The molecule has 2 aromatic rings. The van der Waals surface area contributed by atoms with E-state index in [2.05, 4.69) is 34.3 Å². The summed E-state index contributed by atoms with van der Waals surface area (Å²) >= 11 is 1.71. The van der Waals surface area contributed by atoms with Gasteiger partial charge in [0, 0.05) is 55.2 Å². The number of fused-ring (bicyclic) bond motifs is 1. The van der Waals surface area contributed by atoms with Crippen LogP contribution in [0.1, 0.15) is 45.4 Å². The van der Waals surface area contributed by atoms with Crippen LogP contribution in [-0.2, 0) is 30.7 Å². The van der Waals surface area contributed by atoms with Gasteiger partial charge in [-0.25, -0.2) is 0 Å². The Labute approximate surface area is 164 Å². The van der Waals surface area contributed by atoms with Gasteiger partial charge in [0.2, 0.25) is 0 Å². The number of hydrogen-bond donors (Lipinski definition) is 1. The maximum atomic E-state index is 12.6. The first-order valence-corrected chi connectivity index (χ1v) is 10.7. The van der Waals surface area contributed by atoms with Crippen LogP contribution in [0.25, 0.3) is 0 Å². The molecule has 5 nitrogen and oxygen atoms in total. The third kappa shape index (κ3) is 4.39. The highest BCUT2D eigenvalue weighted by atomic mass is 32.1. The van der Waals surface area contributed by atoms with Crippen molar-refractivity contribution in [3.05, 3.63) is 51.0 Å². The molecule has 0 spiro atoms. The molecule has 2 aromatic heterocycles. The topological polar surface area (TPSA) is 54.5 Å². The van der Waals surface area contributed by atoms with Crippen molar-refractivity contribution in [3.8, 4) is 0 Å². The lowest BCUT2D eigenvalue weighted by Gasteiger charge is -2.27. The van der Waals surface area contributed by atoms with E-state index in [0.29, 0.717) is 5.92 Å². The second kappa shape index (κ2) is 8.50. The van der Waals surface area contributed by atoms with E-state index in [1.807, 2.05) is 11.6 Å². The largest absolute Gasteiger partial charge is 0.381 e. The van der Waals surface area contributed by atoms with Crippen molar-refractivity contribution in [2.75, 3.05) is 26.3 Å². The quantitative estimate of drug-likeness (QED) is 0.830. The predicted octanol–water partition coefficient (Wildman–Crippen LogP) is 3.03. The van der Waals surface area contributed by atoms with Crippen molar-refractivity contribution in [2.45, 2.75) is 39.3 Å². The zero-order valence-corrected chi connectivity index (χ0v) is 16.7. The minimum atomic E-state index is 0.0738. The second-order valence-corrected chi connectivity index (χ2v) is 8.43. The van der Waals surface area contributed by atoms with Gasteiger partial charge >= 0.3 is 0 Å². The number of pyridine rings is 1. The normalized spacial score (nSPS) is 19.8. The molecule has 1 saturated heterocycles. The summed E-state index contributed by atoms with van der Waals surface area (Å²) in [4.78, 5) is 20.9. The zero-order chi connectivity index (χ0) is 18.6. The van der Waals surface area contributed by atoms with Gasteiger partial charge in [-0.15, -0.1) is 11.3 Å². The van der Waals surface area contributed by atoms with E-state index in [0.717, 1.165) is 69.9 Å². The number of aromatic nitrogens is 1. The summed E-state index contributed by atoms with van der Waals surface area (Å²) in [7, 11) is 0. The number of nitrogens with one attached hydrogen (secondary N) is 1. The summed E-state index contributed by atoms with van der Waals surface area (Å²) < 4.78 is 5.38. The summed E-state index contributed by atoms with van der Waals surface area (Å²) in [5.74, 6) is 0.537. The Morgan fingerprint density at radius 2 is 2.37 bits per heavy atom. The minimum absolute atomic E-state index is 0.0738. The molecule has 144 valence electrons. The van der Waals surface area contributed by atoms with Gasteiger partial charge in [0.1, 0.15) is 0 Å². The lowest BCUT2D eigenvalue weighted by atomic mass is 10.0. The average Bonchev–Trinajstić information content (AvgIpc) is 3.36. The molecule has 0 unspecified atom stereocenters. The molecule has 1 fully saturated rings. The molecule has 1 N–H and O–H groups in total. The smallest absolute Gasteiger partial charge is 0.252 e. The van der Waals surface area contributed by atoms with Gasteiger partial charge < -0.3 is 10.1 Å². The van der Waals surface area contributed by atoms with Crippen molar-refractivity contribution >= 4 is 17.2 Å². The SMILES string of the molecule is CCc1ccc(CN2CCc3c(C(=O)NC[C@@H]4CCOC4)csc3C2)nc1. The van der Waals surface area contributed by atoms with Gasteiger partial charge in [-0.05, 0) is 36.5 Å². The highest BCUT2D eigenvalue weighted by molar-refractivity contribution is 7.10. The minimum Gasteiger partial charge on any atom is -0.381 e. The summed E-state index contributed by atoms with van der Waals surface area (Å²) in [6.07, 6.45) is 4.98. The van der Waals surface area contributed by atoms with Crippen LogP contribution >= 0.6 is 11.3 Å². The Morgan fingerprint density at radius 1 is 1.44 bits per heavy atom. The van der Waals surface area contributed by atoms with Crippen LogP contribution in [0.5, 0.6) is 0 Å². The van der Waals surface area contributed by atoms with Gasteiger partial charge in [-0.1, -0.05) is 13.0 Å². The molecule has 0 bridgehead atoms. The van der Waals surface area contributed by atoms with Crippen LogP contribution in [-0.4, -0.2) is 42.1 Å². The lowest BCUT2D eigenvalue weighted by molar-refractivity contribution is 0.0943. The standard InChI is InChI=1S/C21H27N3O2S/c1-2-15-3-4-17(22-9-15)11-24-7-5-18-19(14-27-20(18)12-24)21(25)23-10-16-6-8-26-13-16/h3-4,9,14,16H,2,5-8,10-13H2,1H3,(H,23,25)/t16-/m0/s1. The second-order valence-electron chi connectivity index (χ2n) is 7.46. The molecule has 4 rings (SSSR count). The molecule has 2 aliphatic rings. The Morgan fingerprint density at radius 3 is 3.11 bits per heavy atom. The fourth-order valence-electron chi connectivity index (χ4n) is 3.77. The Balaban J connectivity index is 1.35. The number of amides is 1. The van der Waals surface area contributed by atoms with Gasteiger partial charge in [0.15, 0.2) is 0 Å². The summed E-state index contributed by atoms with van der Waals surface area (Å²) in [5, 5.41) is 5.13. The van der Waals surface area contributed by atoms with E-state index in [1.165, 1.54) is 16.0 Å². The monoisotopic (exact) mass is 385 g/mol. The molecule has 0 saturated carbocycles. The van der Waals surface area contributed by atoms with Gasteiger partial charge in [0.25, 0.3) is 5.91 Å². The molecular weight excluding hydrogens is 358 g/mol. The number of rotatable bonds is 6. The van der Waals surface area contributed by atoms with Crippen LogP contribution in [0.4, 0.5) is 0 Å². The highest BCUT2D eigenvalue weighted by Gasteiger charge is 2.25. The fraction of sp³-hybridized carbons (Fsp3) is 0.524. The van der Waals surface area contributed by atoms with E-state index >= 15 is 0 Å². The number of carbonyl (C=O) groups is 1. The van der Waals surface area contributed by atoms with E-state index in [4.69, 9.17) is 4.74 Å². The first-order chi connectivity index (χ1) is 13.2. The number of ether oxygens (including phenoxy) is 1. The van der Waals surface area contributed by atoms with Crippen LogP contribution in [0.3, 0.4) is 0 Å². The molecule has 1 atom stereocenters. The molecule has 2 aliphatic heterocycles. The number of thiophene rings is 1. The number of aryl methyl sites for hydroxylation is 1. The third-order valence-electron chi connectivity index (χ3n) is 5.53. The van der Waals surface area contributed by atoms with E-state index in [9.17, 15) is 4.79 Å². The van der Waals surface area contributed by atoms with Crippen LogP contribution in [0.15, 0.2) is 23.7 Å². The molecular formula is C21H27N3O2S. The third-order valence-corrected chi connectivity index (χ3v) is 6.54. The molecule has 27 heavy (non-hydrogen) atoms. The summed E-state index contributed by atoms with van der Waals surface area (Å²) in [6.45, 7) is 7.19. The van der Waals surface area contributed by atoms with Crippen molar-refractivity contribution in [1.29, 1.82) is 0 Å². The van der Waals surface area contributed by atoms with Crippen molar-refractivity contribution < 1.29 is 9.53 Å². The van der Waals surface area contributed by atoms with Crippen LogP contribution < -0.4 is 5.32 Å². The molecule has 4 heterocycles. The predicted molar refractivity (Wildman–Crippen MR) is 107 cm³/mol. The van der Waals surface area contributed by atoms with E-state index < -0.39 is 0 Å². The number of carbonyl (C=O) groups excluding carboxylic acids is 1. The maximum absolute atomic E-state index is 12.6. The van der Waals surface area contributed by atoms with E-state index in [1.54, 1.807) is 11.3 Å². The van der Waals surface area contributed by atoms with Crippen molar-refractivity contribution in [2.24, 2.45) is 5.92 Å². The van der Waals surface area contributed by atoms with Gasteiger partial charge in [-0.3, -0.25) is 14.7 Å². The van der Waals surface area contributed by atoms with Crippen molar-refractivity contribution in [3.63, 3.8) is 0 Å². The number of hydrogen-bond acceptors (Lipinski definition) is 5. The fourth-order valence-corrected chi connectivity index (χ4v) is 4.89. The first-order valence-electron chi connectivity index (χ1n) is 9.84. The molecule has 0 aromatic carbocycles. The Hall–Kier alpha value is -1.76. The van der Waals surface area contributed by atoms with E-state index in [-0.39, 0.29) is 5.91 Å². The van der Waals surface area contributed by atoms with Gasteiger partial charge in [-0.2, -0.15) is 0 Å². The molecule has 0 radical (unpaired) electrons. The number of nitrogens with zero attached hydrogens (tertiary/aromatic N) is 2. The van der Waals surface area contributed by atoms with Gasteiger partial charge in [0.05, 0.1) is 17.9 Å². The molecule has 6 heteroatoms. The van der Waals surface area contributed by atoms with Crippen molar-refractivity contribution in [1.82, 2.24) is 15.2 Å². The average molecular weight is 386 g/mol. The zero-order valence-electron chi connectivity index (χ0n) is 15.9. The molecule has 0 aliphatic carbocycles. The Bertz CT molecular complexity index is 781. The highest BCUT2D eigenvalue weighted by Crippen LogP contribution is 2.29. The first kappa shape index (κ1) is 18.6. The lowest BCUT2D eigenvalue weighted by Crippen LogP contribution is -2.32. The van der Waals surface area contributed by atoms with Crippen LogP contribution in [0, 0.1) is 5.92 Å². The molecule has 1 amide bonds. The van der Waals surface area contributed by atoms with Crippen LogP contribution in [0.2, 0.25) is 0 Å². The maximum Gasteiger partial charge on any atom is 0.252 e. The summed E-state index contributed by atoms with van der Waals surface area (Å²) in [6, 6.07) is 4.30. The summed E-state index contributed by atoms with van der Waals surface area (Å²) in [5.41, 5.74) is 4.51. The Kier molecular flexibility index (Phi) is 5.86.